The molecule has 0 aromatic rings. The van der Waals surface area contributed by atoms with Gasteiger partial charge in [-0.2, -0.15) is 0 Å². The van der Waals surface area contributed by atoms with Crippen molar-refractivity contribution in [2.24, 2.45) is 5.92 Å². The maximum absolute atomic E-state index is 5.46. The summed E-state index contributed by atoms with van der Waals surface area (Å²) in [4.78, 5) is 0. The highest BCUT2D eigenvalue weighted by Crippen LogP contribution is 2.18. The molecule has 0 bridgehead atoms. The molecule has 1 aliphatic heterocycles. The van der Waals surface area contributed by atoms with Crippen molar-refractivity contribution in [1.82, 2.24) is 0 Å². The molecule has 0 saturated carbocycles. The molecule has 60 valence electrons. The fourth-order valence-corrected chi connectivity index (χ4v) is 1.61. The minimum atomic E-state index is 0.868. The molecule has 1 atom stereocenters. The van der Waals surface area contributed by atoms with E-state index < -0.39 is 0 Å². The Morgan fingerprint density at radius 2 is 2.30 bits per heavy atom. The first-order chi connectivity index (χ1) is 4.93. The Kier molecular flexibility index (Phi) is 3.81. The van der Waals surface area contributed by atoms with Crippen LogP contribution in [0.15, 0.2) is 0 Å². The van der Waals surface area contributed by atoms with Gasteiger partial charge >= 0.3 is 0 Å². The lowest BCUT2D eigenvalue weighted by molar-refractivity contribution is 0.112. The standard InChI is InChI=1S/C9H18O/c1-2-5-9-6-3-4-7-10-8-9/h9H,2-8H2,1H3. The van der Waals surface area contributed by atoms with Crippen LogP contribution in [0.3, 0.4) is 0 Å². The number of hydrogen-bond acceptors (Lipinski definition) is 1. The summed E-state index contributed by atoms with van der Waals surface area (Å²) < 4.78 is 5.46. The van der Waals surface area contributed by atoms with Crippen molar-refractivity contribution in [3.8, 4) is 0 Å². The Morgan fingerprint density at radius 3 is 3.10 bits per heavy atom. The van der Waals surface area contributed by atoms with E-state index in [1.165, 1.54) is 32.1 Å². The lowest BCUT2D eigenvalue weighted by Gasteiger charge is -2.10. The molecule has 1 heterocycles. The van der Waals surface area contributed by atoms with Gasteiger partial charge in [0.1, 0.15) is 0 Å². The number of rotatable bonds is 2. The molecule has 1 unspecified atom stereocenters. The van der Waals surface area contributed by atoms with Crippen LogP contribution in [-0.4, -0.2) is 13.2 Å². The van der Waals surface area contributed by atoms with Gasteiger partial charge in [-0.05, 0) is 25.2 Å². The third kappa shape index (κ3) is 2.70. The minimum absolute atomic E-state index is 0.868. The first-order valence-electron chi connectivity index (χ1n) is 4.51. The average molecular weight is 142 g/mol. The van der Waals surface area contributed by atoms with Gasteiger partial charge in [-0.1, -0.05) is 19.8 Å². The van der Waals surface area contributed by atoms with Gasteiger partial charge in [-0.15, -0.1) is 0 Å². The molecule has 0 N–H and O–H groups in total. The SMILES string of the molecule is CCCC1CCCCOC1. The zero-order valence-corrected chi connectivity index (χ0v) is 6.94. The summed E-state index contributed by atoms with van der Waals surface area (Å²) in [5, 5.41) is 0. The molecule has 0 aromatic carbocycles. The summed E-state index contributed by atoms with van der Waals surface area (Å²) in [6, 6.07) is 0. The molecule has 10 heavy (non-hydrogen) atoms. The van der Waals surface area contributed by atoms with E-state index in [1.54, 1.807) is 0 Å². The van der Waals surface area contributed by atoms with E-state index in [1.807, 2.05) is 0 Å². The van der Waals surface area contributed by atoms with Gasteiger partial charge in [0.25, 0.3) is 0 Å². The highest BCUT2D eigenvalue weighted by atomic mass is 16.5. The van der Waals surface area contributed by atoms with Crippen LogP contribution < -0.4 is 0 Å². The van der Waals surface area contributed by atoms with Crippen LogP contribution in [-0.2, 0) is 4.74 Å². The zero-order chi connectivity index (χ0) is 7.23. The molecule has 1 nitrogen and oxygen atoms in total. The van der Waals surface area contributed by atoms with Gasteiger partial charge in [-0.3, -0.25) is 0 Å². The lowest BCUT2D eigenvalue weighted by Crippen LogP contribution is -2.05. The van der Waals surface area contributed by atoms with Gasteiger partial charge in [0.15, 0.2) is 0 Å². The van der Waals surface area contributed by atoms with Crippen molar-refractivity contribution in [1.29, 1.82) is 0 Å². The minimum Gasteiger partial charge on any atom is -0.381 e. The van der Waals surface area contributed by atoms with Gasteiger partial charge in [0.05, 0.1) is 0 Å². The van der Waals surface area contributed by atoms with E-state index in [2.05, 4.69) is 6.92 Å². The van der Waals surface area contributed by atoms with Crippen LogP contribution in [0.25, 0.3) is 0 Å². The Hall–Kier alpha value is -0.0400. The first-order valence-corrected chi connectivity index (χ1v) is 4.51. The zero-order valence-electron chi connectivity index (χ0n) is 6.94. The number of ether oxygens (including phenoxy) is 1. The van der Waals surface area contributed by atoms with Gasteiger partial charge < -0.3 is 4.74 Å². The Bertz CT molecular complexity index is 72.8. The van der Waals surface area contributed by atoms with E-state index >= 15 is 0 Å². The molecule has 1 rings (SSSR count). The van der Waals surface area contributed by atoms with Crippen molar-refractivity contribution in [2.75, 3.05) is 13.2 Å². The quantitative estimate of drug-likeness (QED) is 0.576. The van der Waals surface area contributed by atoms with Crippen LogP contribution in [0.1, 0.15) is 39.0 Å². The van der Waals surface area contributed by atoms with E-state index in [0.29, 0.717) is 0 Å². The first kappa shape index (κ1) is 8.06. The van der Waals surface area contributed by atoms with Gasteiger partial charge in [0, 0.05) is 13.2 Å². The summed E-state index contributed by atoms with van der Waals surface area (Å²) in [5.41, 5.74) is 0. The van der Waals surface area contributed by atoms with Crippen LogP contribution >= 0.6 is 0 Å². The second-order valence-corrected chi connectivity index (χ2v) is 3.23. The third-order valence-corrected chi connectivity index (χ3v) is 2.20. The predicted octanol–water partition coefficient (Wildman–Crippen LogP) is 2.60. The van der Waals surface area contributed by atoms with E-state index in [4.69, 9.17) is 4.74 Å². The van der Waals surface area contributed by atoms with E-state index in [0.717, 1.165) is 19.1 Å². The average Bonchev–Trinajstić information content (AvgIpc) is 2.17. The van der Waals surface area contributed by atoms with Crippen LogP contribution in [0.5, 0.6) is 0 Å². The van der Waals surface area contributed by atoms with E-state index in [-0.39, 0.29) is 0 Å². The lowest BCUT2D eigenvalue weighted by atomic mass is 9.99. The summed E-state index contributed by atoms with van der Waals surface area (Å²) in [7, 11) is 0. The highest BCUT2D eigenvalue weighted by molar-refractivity contribution is 4.61. The van der Waals surface area contributed by atoms with Crippen LogP contribution in [0.2, 0.25) is 0 Å². The topological polar surface area (TPSA) is 9.23 Å². The van der Waals surface area contributed by atoms with Crippen molar-refractivity contribution in [3.05, 3.63) is 0 Å². The van der Waals surface area contributed by atoms with Gasteiger partial charge in [0.2, 0.25) is 0 Å². The van der Waals surface area contributed by atoms with E-state index in [9.17, 15) is 0 Å². The molecule has 1 saturated heterocycles. The number of hydrogen-bond donors (Lipinski definition) is 0. The van der Waals surface area contributed by atoms with Crippen LogP contribution in [0.4, 0.5) is 0 Å². The Labute approximate surface area is 63.8 Å². The van der Waals surface area contributed by atoms with Crippen molar-refractivity contribution in [2.45, 2.75) is 39.0 Å². The monoisotopic (exact) mass is 142 g/mol. The molecule has 1 heteroatoms. The highest BCUT2D eigenvalue weighted by Gasteiger charge is 2.10. The molecule has 0 spiro atoms. The molecule has 0 aliphatic carbocycles. The molecule has 0 amide bonds. The summed E-state index contributed by atoms with van der Waals surface area (Å²) in [6.07, 6.45) is 6.73. The molecule has 0 aromatic heterocycles. The second-order valence-electron chi connectivity index (χ2n) is 3.23. The van der Waals surface area contributed by atoms with Crippen molar-refractivity contribution >= 4 is 0 Å². The largest absolute Gasteiger partial charge is 0.381 e. The second kappa shape index (κ2) is 4.73. The molecule has 1 fully saturated rings. The normalized spacial score (nSPS) is 27.9. The van der Waals surface area contributed by atoms with Crippen LogP contribution in [0, 0.1) is 5.92 Å². The molecule has 0 radical (unpaired) electrons. The maximum Gasteiger partial charge on any atom is 0.0494 e. The fraction of sp³-hybridized carbons (Fsp3) is 1.00. The molecular formula is C9H18O. The molecular weight excluding hydrogens is 124 g/mol. The third-order valence-electron chi connectivity index (χ3n) is 2.20. The van der Waals surface area contributed by atoms with Gasteiger partial charge in [-0.25, -0.2) is 0 Å². The van der Waals surface area contributed by atoms with Crippen molar-refractivity contribution in [3.63, 3.8) is 0 Å². The molecule has 1 aliphatic rings. The Morgan fingerprint density at radius 1 is 1.40 bits per heavy atom. The Balaban J connectivity index is 2.15. The predicted molar refractivity (Wildman–Crippen MR) is 43.1 cm³/mol. The maximum atomic E-state index is 5.46. The fourth-order valence-electron chi connectivity index (χ4n) is 1.61. The summed E-state index contributed by atoms with van der Waals surface area (Å²) in [5.74, 6) is 0.868. The summed E-state index contributed by atoms with van der Waals surface area (Å²) in [6.45, 7) is 4.28. The smallest absolute Gasteiger partial charge is 0.0494 e. The summed E-state index contributed by atoms with van der Waals surface area (Å²) >= 11 is 0. The van der Waals surface area contributed by atoms with Crippen molar-refractivity contribution < 1.29 is 4.74 Å².